The first-order valence-corrected chi connectivity index (χ1v) is 5.40. The maximum atomic E-state index is 10.8. The molecule has 0 bridgehead atoms. The van der Waals surface area contributed by atoms with Gasteiger partial charge in [-0.15, -0.1) is 0 Å². The number of aryl methyl sites for hydroxylation is 1. The molecule has 1 aromatic carbocycles. The maximum Gasteiger partial charge on any atom is 0.335 e. The van der Waals surface area contributed by atoms with Crippen molar-refractivity contribution in [3.8, 4) is 11.1 Å². The van der Waals surface area contributed by atoms with Crippen molar-refractivity contribution in [1.82, 2.24) is 4.98 Å². The normalized spacial score (nSPS) is 10.2. The highest BCUT2D eigenvalue weighted by molar-refractivity contribution is 6.33. The van der Waals surface area contributed by atoms with Crippen LogP contribution in [0.4, 0.5) is 0 Å². The van der Waals surface area contributed by atoms with Crippen molar-refractivity contribution < 1.29 is 9.90 Å². The van der Waals surface area contributed by atoms with Gasteiger partial charge in [0.25, 0.3) is 0 Å². The number of nitrogens with zero attached hydrogens (tertiary/aromatic N) is 1. The highest BCUT2D eigenvalue weighted by Gasteiger charge is 2.08. The first kappa shape index (κ1) is 11.6. The molecule has 17 heavy (non-hydrogen) atoms. The molecule has 1 N–H and O–H groups in total. The molecular weight excluding hydrogens is 238 g/mol. The first-order chi connectivity index (χ1) is 8.08. The predicted molar refractivity (Wildman–Crippen MR) is 66.4 cm³/mol. The fraction of sp³-hybridized carbons (Fsp3) is 0.0769. The van der Waals surface area contributed by atoms with Gasteiger partial charge in [0.15, 0.2) is 0 Å². The van der Waals surface area contributed by atoms with E-state index in [9.17, 15) is 4.79 Å². The summed E-state index contributed by atoms with van der Waals surface area (Å²) < 4.78 is 0. The second-order valence-corrected chi connectivity index (χ2v) is 4.16. The fourth-order valence-electron chi connectivity index (χ4n) is 1.58. The Balaban J connectivity index is 2.50. The van der Waals surface area contributed by atoms with Gasteiger partial charge in [0.2, 0.25) is 0 Å². The third kappa shape index (κ3) is 2.45. The van der Waals surface area contributed by atoms with Gasteiger partial charge in [0.05, 0.1) is 5.56 Å². The van der Waals surface area contributed by atoms with E-state index < -0.39 is 5.97 Å². The lowest BCUT2D eigenvalue weighted by Crippen LogP contribution is -1.96. The number of rotatable bonds is 2. The second kappa shape index (κ2) is 4.55. The average molecular weight is 248 g/mol. The Morgan fingerprint density at radius 2 is 2.06 bits per heavy atom. The van der Waals surface area contributed by atoms with Crippen molar-refractivity contribution in [1.29, 1.82) is 0 Å². The van der Waals surface area contributed by atoms with Gasteiger partial charge in [0.1, 0.15) is 0 Å². The van der Waals surface area contributed by atoms with E-state index >= 15 is 0 Å². The van der Waals surface area contributed by atoms with Crippen molar-refractivity contribution in [2.24, 2.45) is 0 Å². The molecule has 86 valence electrons. The molecule has 0 spiro atoms. The topological polar surface area (TPSA) is 50.2 Å². The second-order valence-electron chi connectivity index (χ2n) is 3.75. The molecule has 2 rings (SSSR count). The third-order valence-electron chi connectivity index (χ3n) is 2.40. The van der Waals surface area contributed by atoms with Crippen molar-refractivity contribution in [3.63, 3.8) is 0 Å². The number of carboxylic acids is 1. The highest BCUT2D eigenvalue weighted by atomic mass is 35.5. The van der Waals surface area contributed by atoms with Gasteiger partial charge in [-0.05, 0) is 30.7 Å². The summed E-state index contributed by atoms with van der Waals surface area (Å²) in [6, 6.07) is 6.63. The van der Waals surface area contributed by atoms with Crippen molar-refractivity contribution in [3.05, 3.63) is 52.8 Å². The van der Waals surface area contributed by atoms with Gasteiger partial charge in [-0.3, -0.25) is 4.98 Å². The van der Waals surface area contributed by atoms with Crippen LogP contribution in [0.25, 0.3) is 11.1 Å². The van der Waals surface area contributed by atoms with Crippen LogP contribution in [0, 0.1) is 6.92 Å². The van der Waals surface area contributed by atoms with Gasteiger partial charge in [-0.25, -0.2) is 4.79 Å². The van der Waals surface area contributed by atoms with E-state index in [1.807, 2.05) is 13.0 Å². The van der Waals surface area contributed by atoms with Crippen molar-refractivity contribution in [2.45, 2.75) is 6.92 Å². The number of carboxylic acid groups (broad SMARTS) is 1. The highest BCUT2D eigenvalue weighted by Crippen LogP contribution is 2.28. The number of halogens is 1. The molecule has 0 saturated carbocycles. The van der Waals surface area contributed by atoms with Crippen LogP contribution < -0.4 is 0 Å². The van der Waals surface area contributed by atoms with Gasteiger partial charge in [0, 0.05) is 28.5 Å². The van der Waals surface area contributed by atoms with Crippen molar-refractivity contribution in [2.75, 3.05) is 0 Å². The van der Waals surface area contributed by atoms with Gasteiger partial charge >= 0.3 is 5.97 Å². The number of aromatic carboxylic acids is 1. The van der Waals surface area contributed by atoms with E-state index in [0.717, 1.165) is 16.7 Å². The summed E-state index contributed by atoms with van der Waals surface area (Å²) in [7, 11) is 0. The van der Waals surface area contributed by atoms with E-state index in [1.54, 1.807) is 18.5 Å². The Hall–Kier alpha value is -1.87. The maximum absolute atomic E-state index is 10.8. The van der Waals surface area contributed by atoms with E-state index in [0.29, 0.717) is 5.02 Å². The zero-order chi connectivity index (χ0) is 12.4. The van der Waals surface area contributed by atoms with Crippen LogP contribution in [0.15, 0.2) is 36.7 Å². The lowest BCUT2D eigenvalue weighted by Gasteiger charge is -2.05. The summed E-state index contributed by atoms with van der Waals surface area (Å²) in [6.07, 6.45) is 3.46. The minimum Gasteiger partial charge on any atom is -0.478 e. The molecule has 2 aromatic rings. The zero-order valence-corrected chi connectivity index (χ0v) is 9.90. The van der Waals surface area contributed by atoms with Gasteiger partial charge in [-0.1, -0.05) is 17.7 Å². The number of hydrogen-bond donors (Lipinski definition) is 1. The third-order valence-corrected chi connectivity index (χ3v) is 2.71. The largest absolute Gasteiger partial charge is 0.478 e. The lowest BCUT2D eigenvalue weighted by atomic mass is 10.0. The smallest absolute Gasteiger partial charge is 0.335 e. The van der Waals surface area contributed by atoms with E-state index in [1.165, 1.54) is 12.1 Å². The molecule has 3 nitrogen and oxygen atoms in total. The number of aromatic nitrogens is 1. The molecule has 0 radical (unpaired) electrons. The molecule has 0 aliphatic heterocycles. The van der Waals surface area contributed by atoms with Crippen LogP contribution in [0.5, 0.6) is 0 Å². The minimum absolute atomic E-state index is 0.180. The van der Waals surface area contributed by atoms with Crippen LogP contribution in [0.1, 0.15) is 15.9 Å². The van der Waals surface area contributed by atoms with Crippen LogP contribution in [0.2, 0.25) is 5.02 Å². The summed E-state index contributed by atoms with van der Waals surface area (Å²) in [5, 5.41) is 9.26. The lowest BCUT2D eigenvalue weighted by molar-refractivity contribution is 0.0697. The predicted octanol–water partition coefficient (Wildman–Crippen LogP) is 3.41. The first-order valence-electron chi connectivity index (χ1n) is 5.03. The van der Waals surface area contributed by atoms with Gasteiger partial charge < -0.3 is 5.11 Å². The van der Waals surface area contributed by atoms with Crippen LogP contribution in [-0.4, -0.2) is 16.1 Å². The Labute approximate surface area is 104 Å². The summed E-state index contributed by atoms with van der Waals surface area (Å²) in [4.78, 5) is 14.9. The monoisotopic (exact) mass is 247 g/mol. The quantitative estimate of drug-likeness (QED) is 0.885. The Bertz CT molecular complexity index is 581. The van der Waals surface area contributed by atoms with Crippen LogP contribution in [-0.2, 0) is 0 Å². The molecule has 0 saturated heterocycles. The molecule has 0 atom stereocenters. The summed E-state index contributed by atoms with van der Waals surface area (Å²) in [6.45, 7) is 1.94. The Morgan fingerprint density at radius 1 is 1.29 bits per heavy atom. The molecule has 0 aliphatic carbocycles. The number of benzene rings is 1. The molecular formula is C13H10ClNO2. The molecule has 0 amide bonds. The van der Waals surface area contributed by atoms with Gasteiger partial charge in [-0.2, -0.15) is 0 Å². The molecule has 4 heteroatoms. The molecule has 0 fully saturated rings. The SMILES string of the molecule is Cc1cncc(-c2ccc(C(=O)O)cc2Cl)c1. The van der Waals surface area contributed by atoms with E-state index in [4.69, 9.17) is 16.7 Å². The number of hydrogen-bond acceptors (Lipinski definition) is 2. The summed E-state index contributed by atoms with van der Waals surface area (Å²) in [5.74, 6) is -0.985. The van der Waals surface area contributed by atoms with E-state index in [-0.39, 0.29) is 5.56 Å². The molecule has 0 unspecified atom stereocenters. The molecule has 0 aliphatic rings. The minimum atomic E-state index is -0.985. The Kier molecular flexibility index (Phi) is 3.11. The Morgan fingerprint density at radius 3 is 2.65 bits per heavy atom. The summed E-state index contributed by atoms with van der Waals surface area (Å²) in [5.41, 5.74) is 2.88. The van der Waals surface area contributed by atoms with Crippen molar-refractivity contribution >= 4 is 17.6 Å². The average Bonchev–Trinajstić information content (AvgIpc) is 2.28. The fourth-order valence-corrected chi connectivity index (χ4v) is 1.87. The summed E-state index contributed by atoms with van der Waals surface area (Å²) >= 11 is 6.07. The number of carbonyl (C=O) groups is 1. The standard InChI is InChI=1S/C13H10ClNO2/c1-8-4-10(7-15-6-8)11-3-2-9(13(16)17)5-12(11)14/h2-7H,1H3,(H,16,17). The zero-order valence-electron chi connectivity index (χ0n) is 9.14. The number of pyridine rings is 1. The van der Waals surface area contributed by atoms with Crippen LogP contribution in [0.3, 0.4) is 0 Å². The van der Waals surface area contributed by atoms with Crippen LogP contribution >= 0.6 is 11.6 Å². The molecule has 1 aromatic heterocycles. The molecule has 1 heterocycles. The van der Waals surface area contributed by atoms with E-state index in [2.05, 4.69) is 4.98 Å².